The second kappa shape index (κ2) is 5.36. The Morgan fingerprint density at radius 3 is 2.47 bits per heavy atom. The number of benzene rings is 1. The lowest BCUT2D eigenvalue weighted by Crippen LogP contribution is -2.13. The highest BCUT2D eigenvalue weighted by atomic mass is 19.1. The average Bonchev–Trinajstić information content (AvgIpc) is 2.39. The molecule has 0 amide bonds. The molecule has 0 aliphatic carbocycles. The van der Waals surface area contributed by atoms with Crippen molar-refractivity contribution in [2.75, 3.05) is 11.9 Å². The van der Waals surface area contributed by atoms with Crippen molar-refractivity contribution in [3.8, 4) is 0 Å². The van der Waals surface area contributed by atoms with Crippen molar-refractivity contribution in [3.05, 3.63) is 54.1 Å². The number of nitrogens with one attached hydrogen (secondary N) is 1. The molecular weight excluding hydrogens is 221 g/mol. The number of nitrogens with zero attached hydrogens (tertiary/aromatic N) is 2. The molecule has 0 saturated carbocycles. The summed E-state index contributed by atoms with van der Waals surface area (Å²) < 4.78 is 12.5. The van der Waals surface area contributed by atoms with Crippen LogP contribution in [-0.4, -0.2) is 21.6 Å². The number of rotatable bonds is 4. The van der Waals surface area contributed by atoms with E-state index in [0.29, 0.717) is 5.95 Å². The molecule has 17 heavy (non-hydrogen) atoms. The fourth-order valence-electron chi connectivity index (χ4n) is 1.38. The van der Waals surface area contributed by atoms with Crippen molar-refractivity contribution in [1.29, 1.82) is 0 Å². The lowest BCUT2D eigenvalue weighted by Gasteiger charge is -2.11. The summed E-state index contributed by atoms with van der Waals surface area (Å²) in [5, 5.41) is 12.7. The largest absolute Gasteiger partial charge is 0.387 e. The Balaban J connectivity index is 1.92. The monoisotopic (exact) mass is 233 g/mol. The van der Waals surface area contributed by atoms with E-state index in [4.69, 9.17) is 0 Å². The number of hydrogen-bond donors (Lipinski definition) is 2. The van der Waals surface area contributed by atoms with Gasteiger partial charge in [0, 0.05) is 6.54 Å². The van der Waals surface area contributed by atoms with E-state index in [1.54, 1.807) is 0 Å². The Morgan fingerprint density at radius 2 is 1.82 bits per heavy atom. The third-order valence-electron chi connectivity index (χ3n) is 2.26. The van der Waals surface area contributed by atoms with Crippen LogP contribution in [0, 0.1) is 5.82 Å². The third-order valence-corrected chi connectivity index (χ3v) is 2.26. The molecule has 1 aromatic carbocycles. The van der Waals surface area contributed by atoms with Gasteiger partial charge in [0.15, 0.2) is 5.82 Å². The van der Waals surface area contributed by atoms with E-state index in [1.165, 1.54) is 0 Å². The van der Waals surface area contributed by atoms with Gasteiger partial charge in [0.25, 0.3) is 0 Å². The van der Waals surface area contributed by atoms with Crippen LogP contribution in [0.1, 0.15) is 11.7 Å². The average molecular weight is 233 g/mol. The molecule has 0 spiro atoms. The van der Waals surface area contributed by atoms with Crippen LogP contribution in [0.5, 0.6) is 0 Å². The van der Waals surface area contributed by atoms with Crippen LogP contribution in [0.3, 0.4) is 0 Å². The Labute approximate surface area is 98.2 Å². The van der Waals surface area contributed by atoms with Crippen molar-refractivity contribution < 1.29 is 9.50 Å². The van der Waals surface area contributed by atoms with Gasteiger partial charge in [0.05, 0.1) is 18.5 Å². The predicted octanol–water partition coefficient (Wildman–Crippen LogP) is 1.76. The zero-order chi connectivity index (χ0) is 12.1. The number of halogens is 1. The highest BCUT2D eigenvalue weighted by Crippen LogP contribution is 2.12. The molecule has 0 fully saturated rings. The quantitative estimate of drug-likeness (QED) is 0.844. The van der Waals surface area contributed by atoms with Gasteiger partial charge in [-0.3, -0.25) is 0 Å². The second-order valence-electron chi connectivity index (χ2n) is 3.53. The maximum absolute atomic E-state index is 12.5. The van der Waals surface area contributed by atoms with Gasteiger partial charge in [-0.1, -0.05) is 30.3 Å². The molecule has 0 saturated heterocycles. The molecular formula is C12H12FN3O. The van der Waals surface area contributed by atoms with Gasteiger partial charge in [0.1, 0.15) is 0 Å². The van der Waals surface area contributed by atoms with Crippen LogP contribution in [0.2, 0.25) is 0 Å². The van der Waals surface area contributed by atoms with Crippen LogP contribution in [0.15, 0.2) is 42.7 Å². The highest BCUT2D eigenvalue weighted by molar-refractivity contribution is 5.25. The van der Waals surface area contributed by atoms with Gasteiger partial charge < -0.3 is 10.4 Å². The van der Waals surface area contributed by atoms with E-state index in [0.717, 1.165) is 18.0 Å². The fourth-order valence-corrected chi connectivity index (χ4v) is 1.38. The summed E-state index contributed by atoms with van der Waals surface area (Å²) >= 11 is 0. The number of aliphatic hydroxyl groups excluding tert-OH is 1. The summed E-state index contributed by atoms with van der Waals surface area (Å²) in [6.45, 7) is 0.273. The molecule has 1 atom stereocenters. The SMILES string of the molecule is OC(CNc1ncc(F)cn1)c1ccccc1. The molecule has 0 aliphatic rings. The smallest absolute Gasteiger partial charge is 0.222 e. The van der Waals surface area contributed by atoms with Gasteiger partial charge in [-0.25, -0.2) is 14.4 Å². The standard InChI is InChI=1S/C12H12FN3O/c13-10-6-14-12(15-7-10)16-8-11(17)9-4-2-1-3-5-9/h1-7,11,17H,8H2,(H,14,15,16). The summed E-state index contributed by atoms with van der Waals surface area (Å²) in [5.41, 5.74) is 0.808. The fraction of sp³-hybridized carbons (Fsp3) is 0.167. The zero-order valence-electron chi connectivity index (χ0n) is 9.05. The lowest BCUT2D eigenvalue weighted by atomic mass is 10.1. The van der Waals surface area contributed by atoms with Crippen LogP contribution in [0.4, 0.5) is 10.3 Å². The van der Waals surface area contributed by atoms with Gasteiger partial charge >= 0.3 is 0 Å². The second-order valence-corrected chi connectivity index (χ2v) is 3.53. The minimum atomic E-state index is -0.648. The Hall–Kier alpha value is -2.01. The maximum Gasteiger partial charge on any atom is 0.222 e. The molecule has 2 rings (SSSR count). The van der Waals surface area contributed by atoms with Gasteiger partial charge in [-0.15, -0.1) is 0 Å². The van der Waals surface area contributed by atoms with E-state index >= 15 is 0 Å². The molecule has 4 nitrogen and oxygen atoms in total. The van der Waals surface area contributed by atoms with E-state index in [1.807, 2.05) is 30.3 Å². The summed E-state index contributed by atoms with van der Waals surface area (Å²) in [7, 11) is 0. The Kier molecular flexibility index (Phi) is 3.62. The van der Waals surface area contributed by atoms with E-state index in [9.17, 15) is 9.50 Å². The molecule has 88 valence electrons. The topological polar surface area (TPSA) is 58.0 Å². The molecule has 2 N–H and O–H groups in total. The molecule has 0 radical (unpaired) electrons. The number of hydrogen-bond acceptors (Lipinski definition) is 4. The third kappa shape index (κ3) is 3.22. The molecule has 1 aromatic heterocycles. The van der Waals surface area contributed by atoms with E-state index in [2.05, 4.69) is 15.3 Å². The van der Waals surface area contributed by atoms with Crippen LogP contribution < -0.4 is 5.32 Å². The van der Waals surface area contributed by atoms with Crippen LogP contribution >= 0.6 is 0 Å². The minimum Gasteiger partial charge on any atom is -0.387 e. The molecule has 1 heterocycles. The van der Waals surface area contributed by atoms with Crippen molar-refractivity contribution in [3.63, 3.8) is 0 Å². The first-order valence-corrected chi connectivity index (χ1v) is 5.20. The summed E-state index contributed by atoms with van der Waals surface area (Å²) in [6.07, 6.45) is 1.50. The van der Waals surface area contributed by atoms with E-state index in [-0.39, 0.29) is 6.54 Å². The first-order chi connectivity index (χ1) is 8.25. The summed E-state index contributed by atoms with van der Waals surface area (Å²) in [4.78, 5) is 7.47. The highest BCUT2D eigenvalue weighted by Gasteiger charge is 2.06. The van der Waals surface area contributed by atoms with Crippen molar-refractivity contribution in [2.45, 2.75) is 6.10 Å². The zero-order valence-corrected chi connectivity index (χ0v) is 9.05. The Bertz CT molecular complexity index is 461. The number of anilines is 1. The molecule has 0 aliphatic heterocycles. The maximum atomic E-state index is 12.5. The molecule has 2 aromatic rings. The number of aromatic nitrogens is 2. The lowest BCUT2D eigenvalue weighted by molar-refractivity contribution is 0.191. The van der Waals surface area contributed by atoms with Gasteiger partial charge in [0.2, 0.25) is 5.95 Å². The van der Waals surface area contributed by atoms with Crippen molar-refractivity contribution in [2.24, 2.45) is 0 Å². The first kappa shape index (κ1) is 11.5. The van der Waals surface area contributed by atoms with Crippen LogP contribution in [0.25, 0.3) is 0 Å². The van der Waals surface area contributed by atoms with Crippen molar-refractivity contribution in [1.82, 2.24) is 9.97 Å². The van der Waals surface area contributed by atoms with Gasteiger partial charge in [-0.2, -0.15) is 0 Å². The van der Waals surface area contributed by atoms with Gasteiger partial charge in [-0.05, 0) is 5.56 Å². The Morgan fingerprint density at radius 1 is 1.18 bits per heavy atom. The minimum absolute atomic E-state index is 0.273. The van der Waals surface area contributed by atoms with Crippen LogP contribution in [-0.2, 0) is 0 Å². The summed E-state index contributed by atoms with van der Waals surface area (Å²) in [5.74, 6) is -0.194. The van der Waals surface area contributed by atoms with Crippen molar-refractivity contribution >= 4 is 5.95 Å². The normalized spacial score (nSPS) is 12.1. The first-order valence-electron chi connectivity index (χ1n) is 5.20. The molecule has 5 heteroatoms. The molecule has 0 bridgehead atoms. The number of aliphatic hydroxyl groups is 1. The summed E-state index contributed by atoms with van der Waals surface area (Å²) in [6, 6.07) is 9.25. The van der Waals surface area contributed by atoms with E-state index < -0.39 is 11.9 Å². The molecule has 1 unspecified atom stereocenters. The predicted molar refractivity (Wildman–Crippen MR) is 61.9 cm³/mol.